The fourth-order valence-electron chi connectivity index (χ4n) is 3.00. The third-order valence-electron chi connectivity index (χ3n) is 4.32. The Morgan fingerprint density at radius 3 is 2.62 bits per heavy atom. The Bertz CT molecular complexity index is 595. The molecule has 1 heterocycles. The molecular weight excluding hydrogens is 356 g/mol. The van der Waals surface area contributed by atoms with E-state index in [9.17, 15) is 22.4 Å². The smallest absolute Gasteiger partial charge is 0.387 e. The van der Waals surface area contributed by atoms with Gasteiger partial charge in [0.05, 0.1) is 5.69 Å². The van der Waals surface area contributed by atoms with Gasteiger partial charge in [-0.2, -0.15) is 17.6 Å². The van der Waals surface area contributed by atoms with Crippen molar-refractivity contribution in [3.63, 3.8) is 0 Å². The highest BCUT2D eigenvalue weighted by Crippen LogP contribution is 2.32. The number of hydrogen-bond acceptors (Lipinski definition) is 4. The Morgan fingerprint density at radius 2 is 2.00 bits per heavy atom. The largest absolute Gasteiger partial charge is 0.435 e. The van der Waals surface area contributed by atoms with E-state index in [0.717, 1.165) is 38.1 Å². The molecule has 1 aromatic rings. The average molecular weight is 378 g/mol. The van der Waals surface area contributed by atoms with Crippen molar-refractivity contribution in [1.82, 2.24) is 5.32 Å². The van der Waals surface area contributed by atoms with E-state index in [1.165, 1.54) is 6.07 Å². The minimum absolute atomic E-state index is 0.0223. The van der Waals surface area contributed by atoms with Gasteiger partial charge in [0.25, 0.3) is 0 Å². The van der Waals surface area contributed by atoms with Crippen LogP contribution in [0.2, 0.25) is 0 Å². The normalized spacial score (nSPS) is 18.7. The summed E-state index contributed by atoms with van der Waals surface area (Å²) in [6.07, 6.45) is 2.30. The highest BCUT2D eigenvalue weighted by atomic mass is 19.3. The molecule has 0 saturated carbocycles. The number of benzene rings is 1. The van der Waals surface area contributed by atoms with Crippen LogP contribution in [0.15, 0.2) is 18.2 Å². The van der Waals surface area contributed by atoms with Crippen molar-refractivity contribution in [3.05, 3.63) is 18.2 Å². The molecule has 1 aliphatic rings. The summed E-state index contributed by atoms with van der Waals surface area (Å²) in [7, 11) is 0. The Morgan fingerprint density at radius 1 is 1.27 bits per heavy atom. The third kappa shape index (κ3) is 6.36. The van der Waals surface area contributed by atoms with Gasteiger partial charge in [-0.25, -0.2) is 0 Å². The molecule has 2 rings (SSSR count). The Kier molecular flexibility index (Phi) is 7.50. The maximum absolute atomic E-state index is 12.6. The van der Waals surface area contributed by atoms with Crippen molar-refractivity contribution in [1.29, 1.82) is 0 Å². The van der Waals surface area contributed by atoms with Gasteiger partial charge in [-0.1, -0.05) is 6.92 Å². The van der Waals surface area contributed by atoms with E-state index in [1.54, 1.807) is 0 Å². The molecule has 1 saturated heterocycles. The summed E-state index contributed by atoms with van der Waals surface area (Å²) in [6, 6.07) is 3.23. The van der Waals surface area contributed by atoms with Gasteiger partial charge in [-0.3, -0.25) is 4.79 Å². The molecule has 2 unspecified atom stereocenters. The van der Waals surface area contributed by atoms with Gasteiger partial charge >= 0.3 is 13.2 Å². The molecule has 0 spiro atoms. The van der Waals surface area contributed by atoms with Gasteiger partial charge < -0.3 is 20.1 Å². The first-order valence-corrected chi connectivity index (χ1v) is 8.39. The van der Waals surface area contributed by atoms with Crippen LogP contribution < -0.4 is 20.1 Å². The highest BCUT2D eigenvalue weighted by Gasteiger charge is 2.23. The van der Waals surface area contributed by atoms with Crippen LogP contribution in [-0.4, -0.2) is 32.2 Å². The zero-order chi connectivity index (χ0) is 19.1. The first-order valence-electron chi connectivity index (χ1n) is 8.39. The molecule has 0 aromatic heterocycles. The number of carbonyl (C=O) groups excluding carboxylic acids is 1. The number of ether oxygens (including phenoxy) is 2. The highest BCUT2D eigenvalue weighted by molar-refractivity contribution is 5.92. The topological polar surface area (TPSA) is 59.6 Å². The SMILES string of the molecule is CC(CC(=O)Nc1ccc(OC(F)F)cc1OC(F)F)C1CCCNC1. The lowest BCUT2D eigenvalue weighted by Gasteiger charge is -2.28. The fraction of sp³-hybridized carbons (Fsp3) is 0.588. The summed E-state index contributed by atoms with van der Waals surface area (Å²) in [5.41, 5.74) is -0.0223. The predicted molar refractivity (Wildman–Crippen MR) is 87.7 cm³/mol. The van der Waals surface area contributed by atoms with Gasteiger partial charge in [0.1, 0.15) is 5.75 Å². The lowest BCUT2D eigenvalue weighted by atomic mass is 9.85. The number of amides is 1. The summed E-state index contributed by atoms with van der Waals surface area (Å²) in [5, 5.41) is 5.79. The standard InChI is InChI=1S/C17H22F4N2O3/c1-10(11-3-2-6-22-9-11)7-15(24)23-13-5-4-12(25-16(18)19)8-14(13)26-17(20)21/h4-5,8,10-11,16-17,22H,2-3,6-7,9H2,1H3,(H,23,24). The van der Waals surface area contributed by atoms with Gasteiger partial charge in [-0.15, -0.1) is 0 Å². The van der Waals surface area contributed by atoms with Crippen LogP contribution in [0.25, 0.3) is 0 Å². The fourth-order valence-corrected chi connectivity index (χ4v) is 3.00. The van der Waals surface area contributed by atoms with Crippen LogP contribution in [0.3, 0.4) is 0 Å². The van der Waals surface area contributed by atoms with Crippen LogP contribution in [0.1, 0.15) is 26.2 Å². The quantitative estimate of drug-likeness (QED) is 0.675. The molecule has 1 amide bonds. The maximum Gasteiger partial charge on any atom is 0.387 e. The van der Waals surface area contributed by atoms with E-state index in [-0.39, 0.29) is 29.7 Å². The van der Waals surface area contributed by atoms with E-state index < -0.39 is 19.0 Å². The zero-order valence-corrected chi connectivity index (χ0v) is 14.3. The molecule has 1 aliphatic heterocycles. The van der Waals surface area contributed by atoms with E-state index in [0.29, 0.717) is 5.92 Å². The van der Waals surface area contributed by atoms with Gasteiger partial charge in [0, 0.05) is 12.5 Å². The number of rotatable bonds is 8. The Labute approximate surface area is 149 Å². The first-order chi connectivity index (χ1) is 12.3. The summed E-state index contributed by atoms with van der Waals surface area (Å²) in [6.45, 7) is -2.49. The summed E-state index contributed by atoms with van der Waals surface area (Å²) in [5.74, 6) is -0.643. The van der Waals surface area contributed by atoms with Crippen LogP contribution >= 0.6 is 0 Å². The minimum atomic E-state index is -3.17. The van der Waals surface area contributed by atoms with E-state index in [4.69, 9.17) is 0 Å². The van der Waals surface area contributed by atoms with Gasteiger partial charge in [0.2, 0.25) is 5.91 Å². The number of hydrogen-bond donors (Lipinski definition) is 2. The second kappa shape index (κ2) is 9.61. The van der Waals surface area contributed by atoms with Crippen LogP contribution in [0.4, 0.5) is 23.2 Å². The van der Waals surface area contributed by atoms with Crippen molar-refractivity contribution in [3.8, 4) is 11.5 Å². The predicted octanol–water partition coefficient (Wildman–Crippen LogP) is 3.85. The lowest BCUT2D eigenvalue weighted by Crippen LogP contribution is -2.34. The second-order valence-corrected chi connectivity index (χ2v) is 6.25. The minimum Gasteiger partial charge on any atom is -0.435 e. The maximum atomic E-state index is 12.6. The Hall–Kier alpha value is -2.03. The molecule has 1 fully saturated rings. The number of carbonyl (C=O) groups is 1. The summed E-state index contributed by atoms with van der Waals surface area (Å²) >= 11 is 0. The summed E-state index contributed by atoms with van der Waals surface area (Å²) in [4.78, 5) is 12.2. The van der Waals surface area contributed by atoms with E-state index in [2.05, 4.69) is 20.1 Å². The van der Waals surface area contributed by atoms with Crippen molar-refractivity contribution >= 4 is 11.6 Å². The lowest BCUT2D eigenvalue weighted by molar-refractivity contribution is -0.117. The van der Waals surface area contributed by atoms with E-state index >= 15 is 0 Å². The van der Waals surface area contributed by atoms with Crippen molar-refractivity contribution < 1.29 is 31.8 Å². The summed E-state index contributed by atoms with van der Waals surface area (Å²) < 4.78 is 58.1. The molecule has 0 radical (unpaired) electrons. The number of alkyl halides is 4. The van der Waals surface area contributed by atoms with E-state index in [1.807, 2.05) is 6.92 Å². The average Bonchev–Trinajstić information content (AvgIpc) is 2.57. The van der Waals surface area contributed by atoms with Crippen LogP contribution in [0.5, 0.6) is 11.5 Å². The number of anilines is 1. The van der Waals surface area contributed by atoms with Gasteiger partial charge in [0.15, 0.2) is 5.75 Å². The first kappa shape index (κ1) is 20.3. The number of nitrogens with one attached hydrogen (secondary N) is 2. The molecular formula is C17H22F4N2O3. The van der Waals surface area contributed by atoms with Crippen LogP contribution in [0, 0.1) is 11.8 Å². The third-order valence-corrected chi connectivity index (χ3v) is 4.32. The van der Waals surface area contributed by atoms with Crippen LogP contribution in [-0.2, 0) is 4.79 Å². The number of halogens is 4. The molecule has 2 atom stereocenters. The zero-order valence-electron chi connectivity index (χ0n) is 14.3. The molecule has 1 aromatic carbocycles. The van der Waals surface area contributed by atoms with Gasteiger partial charge in [-0.05, 0) is 49.9 Å². The second-order valence-electron chi connectivity index (χ2n) is 6.25. The molecule has 0 aliphatic carbocycles. The van der Waals surface area contributed by atoms with Crippen molar-refractivity contribution in [2.45, 2.75) is 39.4 Å². The molecule has 5 nitrogen and oxygen atoms in total. The Balaban J connectivity index is 2.02. The molecule has 0 bridgehead atoms. The van der Waals surface area contributed by atoms with Crippen molar-refractivity contribution in [2.24, 2.45) is 11.8 Å². The molecule has 26 heavy (non-hydrogen) atoms. The molecule has 2 N–H and O–H groups in total. The van der Waals surface area contributed by atoms with Crippen molar-refractivity contribution in [2.75, 3.05) is 18.4 Å². The monoisotopic (exact) mass is 378 g/mol. The molecule has 9 heteroatoms. The number of piperidine rings is 1. The molecule has 146 valence electrons.